The fourth-order valence-electron chi connectivity index (χ4n) is 1.44. The minimum absolute atomic E-state index is 0.000895. The number of hydrogen-bond acceptors (Lipinski definition) is 5. The number of hydrogen-bond donors (Lipinski definition) is 1. The zero-order valence-corrected chi connectivity index (χ0v) is 21.2. The first-order chi connectivity index (χ1) is 12.4. The fourth-order valence-corrected chi connectivity index (χ4v) is 2.25. The molecule has 1 amide bonds. The van der Waals surface area contributed by atoms with Crippen molar-refractivity contribution in [2.45, 2.75) is 54.9 Å². The van der Waals surface area contributed by atoms with Crippen molar-refractivity contribution >= 4 is 48.0 Å². The first-order valence-electron chi connectivity index (χ1n) is 9.02. The van der Waals surface area contributed by atoms with E-state index in [0.29, 0.717) is 13.0 Å². The van der Waals surface area contributed by atoms with Gasteiger partial charge in [0, 0.05) is 25.2 Å². The molecular formula is C19H38Cl2NO5P. The lowest BCUT2D eigenvalue weighted by molar-refractivity contribution is -0.128. The third-order valence-corrected chi connectivity index (χ3v) is 4.14. The molecule has 1 N–H and O–H groups in total. The second-order valence-electron chi connectivity index (χ2n) is 8.66. The van der Waals surface area contributed by atoms with Crippen LogP contribution in [0.2, 0.25) is 0 Å². The normalized spacial score (nSPS) is 11.4. The number of Topliss-reactive ketones (excluding diaryl/α,β-unsaturated/α-hetero) is 2. The van der Waals surface area contributed by atoms with Gasteiger partial charge in [-0.15, -0.1) is 23.2 Å². The van der Waals surface area contributed by atoms with E-state index in [1.54, 1.807) is 13.3 Å². The van der Waals surface area contributed by atoms with Gasteiger partial charge in [-0.05, 0) is 12.3 Å². The third-order valence-electron chi connectivity index (χ3n) is 2.72. The van der Waals surface area contributed by atoms with Crippen LogP contribution in [0.5, 0.6) is 0 Å². The smallest absolute Gasteiger partial charge is 0.235 e. The molecule has 0 spiro atoms. The van der Waals surface area contributed by atoms with Gasteiger partial charge in [-0.1, -0.05) is 41.5 Å². The number of nitrogens with one attached hydrogen (secondary N) is 1. The Morgan fingerprint density at radius 3 is 1.61 bits per heavy atom. The largest absolute Gasteiger partial charge is 0.348 e. The van der Waals surface area contributed by atoms with Crippen LogP contribution in [0, 0.1) is 10.8 Å². The number of halogens is 2. The number of alkyl halides is 2. The monoisotopic (exact) mass is 461 g/mol. The van der Waals surface area contributed by atoms with Gasteiger partial charge in [0.2, 0.25) is 5.91 Å². The van der Waals surface area contributed by atoms with Crippen LogP contribution in [0.25, 0.3) is 0 Å². The average Bonchev–Trinajstić information content (AvgIpc) is 2.49. The molecular weight excluding hydrogens is 424 g/mol. The molecule has 9 heteroatoms. The summed E-state index contributed by atoms with van der Waals surface area (Å²) in [4.78, 5) is 32.6. The highest BCUT2D eigenvalue weighted by Crippen LogP contribution is 2.36. The van der Waals surface area contributed by atoms with Crippen molar-refractivity contribution in [2.75, 3.05) is 38.2 Å². The van der Waals surface area contributed by atoms with E-state index in [1.807, 2.05) is 48.5 Å². The quantitative estimate of drug-likeness (QED) is 0.436. The Morgan fingerprint density at radius 1 is 0.964 bits per heavy atom. The lowest BCUT2D eigenvalue weighted by atomic mass is 9.90. The minimum atomic E-state index is -2.17. The Balaban J connectivity index is -0.000000349. The summed E-state index contributed by atoms with van der Waals surface area (Å²) < 4.78 is 15.4. The topological polar surface area (TPSA) is 89.5 Å². The Morgan fingerprint density at radius 2 is 1.43 bits per heavy atom. The Kier molecular flexibility index (Phi) is 17.8. The molecule has 0 aliphatic heterocycles. The maximum atomic E-state index is 11.2. The van der Waals surface area contributed by atoms with E-state index >= 15 is 0 Å². The Hall–Kier alpha value is -0.420. The molecule has 168 valence electrons. The SMILES string of the molecule is CC(C)(C)C(=O)CNC(=O)CCl.CC(C)(C)CC(=O)CCl.CCOP(C)(C)=O. The summed E-state index contributed by atoms with van der Waals surface area (Å²) in [6.07, 6.45) is 0.580. The number of amides is 1. The van der Waals surface area contributed by atoms with E-state index in [2.05, 4.69) is 5.32 Å². The zero-order chi connectivity index (χ0) is 23.2. The van der Waals surface area contributed by atoms with E-state index in [9.17, 15) is 18.9 Å². The van der Waals surface area contributed by atoms with Crippen molar-refractivity contribution in [3.63, 3.8) is 0 Å². The lowest BCUT2D eigenvalue weighted by Crippen LogP contribution is -2.35. The van der Waals surface area contributed by atoms with Crippen LogP contribution < -0.4 is 5.32 Å². The fraction of sp³-hybridized carbons (Fsp3) is 0.842. The van der Waals surface area contributed by atoms with E-state index in [0.717, 1.165) is 0 Å². The summed E-state index contributed by atoms with van der Waals surface area (Å²) in [7, 11) is -2.17. The van der Waals surface area contributed by atoms with Gasteiger partial charge in [-0.25, -0.2) is 0 Å². The highest BCUT2D eigenvalue weighted by Gasteiger charge is 2.20. The van der Waals surface area contributed by atoms with Crippen molar-refractivity contribution in [3.8, 4) is 0 Å². The Bertz CT molecular complexity index is 519. The van der Waals surface area contributed by atoms with Gasteiger partial charge in [-0.2, -0.15) is 0 Å². The molecule has 6 nitrogen and oxygen atoms in total. The van der Waals surface area contributed by atoms with Crippen LogP contribution in [0.1, 0.15) is 54.9 Å². The second-order valence-corrected chi connectivity index (χ2v) is 12.0. The first kappa shape index (κ1) is 32.3. The van der Waals surface area contributed by atoms with E-state index in [-0.39, 0.29) is 41.2 Å². The standard InChI is InChI=1S/C8H14ClNO2.C7H13ClO.C4H11O2P/c1-8(2,3)6(11)5-10-7(12)4-9;1-7(2,3)4-6(9)5-8;1-4-6-7(2,3)5/h4-5H2,1-3H3,(H,10,12);4-5H2,1-3H3;4H2,1-3H3. The molecule has 0 rings (SSSR count). The van der Waals surface area contributed by atoms with Crippen LogP contribution >= 0.6 is 30.6 Å². The maximum absolute atomic E-state index is 11.2. The van der Waals surface area contributed by atoms with Gasteiger partial charge in [0.05, 0.1) is 19.0 Å². The van der Waals surface area contributed by atoms with Crippen molar-refractivity contribution in [1.82, 2.24) is 5.32 Å². The summed E-state index contributed by atoms with van der Waals surface area (Å²) in [5, 5.41) is 2.42. The lowest BCUT2D eigenvalue weighted by Gasteiger charge is -2.16. The van der Waals surface area contributed by atoms with Gasteiger partial charge in [0.1, 0.15) is 11.7 Å². The average molecular weight is 462 g/mol. The molecule has 0 aromatic carbocycles. The maximum Gasteiger partial charge on any atom is 0.235 e. The van der Waals surface area contributed by atoms with Crippen LogP contribution in [0.3, 0.4) is 0 Å². The van der Waals surface area contributed by atoms with E-state index < -0.39 is 12.8 Å². The van der Waals surface area contributed by atoms with Crippen LogP contribution in [0.15, 0.2) is 0 Å². The molecule has 0 bridgehead atoms. The van der Waals surface area contributed by atoms with Crippen molar-refractivity contribution in [1.29, 1.82) is 0 Å². The van der Waals surface area contributed by atoms with E-state index in [1.165, 1.54) is 0 Å². The number of carbonyl (C=O) groups is 3. The summed E-state index contributed by atoms with van der Waals surface area (Å²) in [5.41, 5.74) is -0.314. The third kappa shape index (κ3) is 27.8. The molecule has 0 aromatic heterocycles. The molecule has 0 saturated carbocycles. The molecule has 0 aliphatic carbocycles. The summed E-state index contributed by atoms with van der Waals surface area (Å²) in [6.45, 7) is 17.2. The highest BCUT2D eigenvalue weighted by molar-refractivity contribution is 7.57. The molecule has 0 aromatic rings. The summed E-state index contributed by atoms with van der Waals surface area (Å²) >= 11 is 10.5. The molecule has 0 radical (unpaired) electrons. The number of carbonyl (C=O) groups excluding carboxylic acids is 3. The predicted octanol–water partition coefficient (Wildman–Crippen LogP) is 4.75. The second kappa shape index (κ2) is 15.4. The van der Waals surface area contributed by atoms with Gasteiger partial charge in [0.25, 0.3) is 0 Å². The molecule has 0 heterocycles. The number of ketones is 2. The molecule has 0 fully saturated rings. The minimum Gasteiger partial charge on any atom is -0.348 e. The van der Waals surface area contributed by atoms with Crippen molar-refractivity contribution < 1.29 is 23.5 Å². The van der Waals surface area contributed by atoms with Crippen molar-refractivity contribution in [2.24, 2.45) is 10.8 Å². The Labute approximate surface area is 180 Å². The predicted molar refractivity (Wildman–Crippen MR) is 119 cm³/mol. The molecule has 0 atom stereocenters. The molecule has 0 saturated heterocycles. The zero-order valence-electron chi connectivity index (χ0n) is 18.8. The molecule has 0 aliphatic rings. The highest BCUT2D eigenvalue weighted by atomic mass is 35.5. The van der Waals surface area contributed by atoms with Gasteiger partial charge >= 0.3 is 0 Å². The summed E-state index contributed by atoms with van der Waals surface area (Å²) in [6, 6.07) is 0. The van der Waals surface area contributed by atoms with Crippen molar-refractivity contribution in [3.05, 3.63) is 0 Å². The van der Waals surface area contributed by atoms with Crippen LogP contribution in [-0.2, 0) is 23.5 Å². The van der Waals surface area contributed by atoms with Gasteiger partial charge in [-0.3, -0.25) is 18.9 Å². The first-order valence-corrected chi connectivity index (χ1v) is 12.6. The molecule has 0 unspecified atom stereocenters. The van der Waals surface area contributed by atoms with Crippen LogP contribution in [-0.4, -0.2) is 55.7 Å². The number of rotatable bonds is 7. The van der Waals surface area contributed by atoms with Gasteiger partial charge in [0.15, 0.2) is 13.2 Å². The van der Waals surface area contributed by atoms with Gasteiger partial charge < -0.3 is 9.84 Å². The van der Waals surface area contributed by atoms with Crippen LogP contribution in [0.4, 0.5) is 0 Å². The molecule has 28 heavy (non-hydrogen) atoms. The van der Waals surface area contributed by atoms with E-state index in [4.69, 9.17) is 27.7 Å². The summed E-state index contributed by atoms with van der Waals surface area (Å²) in [5.74, 6) is -0.131.